The Kier molecular flexibility index (Phi) is 5.00. The largest absolute Gasteiger partial charge is 0.396 e. The molecule has 0 radical (unpaired) electrons. The van der Waals surface area contributed by atoms with Gasteiger partial charge >= 0.3 is 0 Å². The molecule has 0 aliphatic heterocycles. The van der Waals surface area contributed by atoms with Crippen molar-refractivity contribution in [3.8, 4) is 0 Å². The molecule has 6 heteroatoms. The van der Waals surface area contributed by atoms with Crippen molar-refractivity contribution in [2.45, 2.75) is 6.42 Å². The molecule has 1 aromatic carbocycles. The SMILES string of the molecule is OCC(CNc1ncnc2cc(Cl)ccc12)Cc1ccccn1. The Balaban J connectivity index is 1.72. The predicted octanol–water partition coefficient (Wildman–Crippen LogP) is 2.94. The number of halogens is 1. The molecule has 2 N–H and O–H groups in total. The Morgan fingerprint density at radius 2 is 2.04 bits per heavy atom. The Hall–Kier alpha value is -2.24. The molecule has 0 spiro atoms. The number of aliphatic hydroxyl groups excluding tert-OH is 1. The van der Waals surface area contributed by atoms with E-state index in [4.69, 9.17) is 11.6 Å². The van der Waals surface area contributed by atoms with Crippen molar-refractivity contribution in [2.75, 3.05) is 18.5 Å². The fourth-order valence-electron chi connectivity index (χ4n) is 2.43. The third-order valence-electron chi connectivity index (χ3n) is 3.64. The zero-order chi connectivity index (χ0) is 16.1. The normalized spacial score (nSPS) is 12.3. The molecule has 0 saturated carbocycles. The van der Waals surface area contributed by atoms with E-state index in [1.165, 1.54) is 6.33 Å². The summed E-state index contributed by atoms with van der Waals surface area (Å²) in [5.74, 6) is 0.799. The van der Waals surface area contributed by atoms with Crippen LogP contribution in [0.2, 0.25) is 5.02 Å². The van der Waals surface area contributed by atoms with Crippen molar-refractivity contribution in [2.24, 2.45) is 5.92 Å². The van der Waals surface area contributed by atoms with Gasteiger partial charge in [-0.05, 0) is 36.8 Å². The van der Waals surface area contributed by atoms with Gasteiger partial charge in [0.15, 0.2) is 0 Å². The summed E-state index contributed by atoms with van der Waals surface area (Å²) in [7, 11) is 0. The molecule has 118 valence electrons. The topological polar surface area (TPSA) is 70.9 Å². The minimum Gasteiger partial charge on any atom is -0.396 e. The van der Waals surface area contributed by atoms with Crippen LogP contribution in [0.4, 0.5) is 5.82 Å². The summed E-state index contributed by atoms with van der Waals surface area (Å²) >= 11 is 5.99. The van der Waals surface area contributed by atoms with Crippen LogP contribution >= 0.6 is 11.6 Å². The summed E-state index contributed by atoms with van der Waals surface area (Å²) in [6, 6.07) is 11.3. The van der Waals surface area contributed by atoms with Gasteiger partial charge in [0.25, 0.3) is 0 Å². The monoisotopic (exact) mass is 328 g/mol. The van der Waals surface area contributed by atoms with E-state index in [1.807, 2.05) is 30.3 Å². The molecular formula is C17H17ClN4O. The number of nitrogens with one attached hydrogen (secondary N) is 1. The van der Waals surface area contributed by atoms with E-state index in [0.717, 1.165) is 22.4 Å². The minimum atomic E-state index is 0.0576. The summed E-state index contributed by atoms with van der Waals surface area (Å²) in [4.78, 5) is 12.8. The lowest BCUT2D eigenvalue weighted by atomic mass is 10.0. The third kappa shape index (κ3) is 3.94. The van der Waals surface area contributed by atoms with Gasteiger partial charge in [0.2, 0.25) is 0 Å². The molecule has 1 atom stereocenters. The maximum Gasteiger partial charge on any atom is 0.137 e. The van der Waals surface area contributed by atoms with Gasteiger partial charge < -0.3 is 10.4 Å². The van der Waals surface area contributed by atoms with E-state index in [9.17, 15) is 5.11 Å². The number of nitrogens with zero attached hydrogens (tertiary/aromatic N) is 3. The molecule has 5 nitrogen and oxygen atoms in total. The van der Waals surface area contributed by atoms with E-state index < -0.39 is 0 Å². The number of aromatic nitrogens is 3. The zero-order valence-corrected chi connectivity index (χ0v) is 13.2. The molecule has 0 amide bonds. The third-order valence-corrected chi connectivity index (χ3v) is 3.87. The molecule has 0 aliphatic carbocycles. The number of hydrogen-bond donors (Lipinski definition) is 2. The second-order valence-corrected chi connectivity index (χ2v) is 5.77. The quantitative estimate of drug-likeness (QED) is 0.728. The summed E-state index contributed by atoms with van der Waals surface area (Å²) in [6.07, 6.45) is 3.98. The summed E-state index contributed by atoms with van der Waals surface area (Å²) in [5, 5.41) is 14.4. The van der Waals surface area contributed by atoms with E-state index in [0.29, 0.717) is 18.0 Å². The second kappa shape index (κ2) is 7.35. The van der Waals surface area contributed by atoms with Crippen molar-refractivity contribution >= 4 is 28.3 Å². The van der Waals surface area contributed by atoms with Gasteiger partial charge in [-0.3, -0.25) is 4.98 Å². The van der Waals surface area contributed by atoms with Crippen molar-refractivity contribution in [1.29, 1.82) is 0 Å². The summed E-state index contributed by atoms with van der Waals surface area (Å²) in [5.41, 5.74) is 1.76. The van der Waals surface area contributed by atoms with Gasteiger partial charge in [-0.15, -0.1) is 0 Å². The molecule has 2 aromatic heterocycles. The van der Waals surface area contributed by atoms with Crippen molar-refractivity contribution in [3.63, 3.8) is 0 Å². The molecule has 1 unspecified atom stereocenters. The second-order valence-electron chi connectivity index (χ2n) is 5.34. The van der Waals surface area contributed by atoms with Crippen LogP contribution in [0.3, 0.4) is 0 Å². The smallest absolute Gasteiger partial charge is 0.137 e. The van der Waals surface area contributed by atoms with E-state index in [-0.39, 0.29) is 12.5 Å². The highest BCUT2D eigenvalue weighted by Crippen LogP contribution is 2.22. The lowest BCUT2D eigenvalue weighted by Crippen LogP contribution is -2.21. The average Bonchev–Trinajstić information content (AvgIpc) is 2.59. The zero-order valence-electron chi connectivity index (χ0n) is 12.5. The van der Waals surface area contributed by atoms with Crippen LogP contribution in [-0.4, -0.2) is 33.2 Å². The van der Waals surface area contributed by atoms with Crippen LogP contribution < -0.4 is 5.32 Å². The number of anilines is 1. The van der Waals surface area contributed by atoms with Gasteiger partial charge in [0.05, 0.1) is 5.52 Å². The number of rotatable bonds is 6. The fraction of sp³-hybridized carbons (Fsp3) is 0.235. The number of aliphatic hydroxyl groups is 1. The molecule has 0 aliphatic rings. The summed E-state index contributed by atoms with van der Waals surface area (Å²) in [6.45, 7) is 0.681. The highest BCUT2D eigenvalue weighted by molar-refractivity contribution is 6.31. The van der Waals surface area contributed by atoms with Gasteiger partial charge in [0, 0.05) is 41.4 Å². The van der Waals surface area contributed by atoms with E-state index >= 15 is 0 Å². The van der Waals surface area contributed by atoms with Crippen LogP contribution in [0, 0.1) is 5.92 Å². The maximum absolute atomic E-state index is 9.60. The lowest BCUT2D eigenvalue weighted by Gasteiger charge is -2.16. The number of hydrogen-bond acceptors (Lipinski definition) is 5. The molecular weight excluding hydrogens is 312 g/mol. The van der Waals surface area contributed by atoms with Crippen LogP contribution in [0.1, 0.15) is 5.69 Å². The van der Waals surface area contributed by atoms with Gasteiger partial charge in [-0.25, -0.2) is 9.97 Å². The first-order valence-electron chi connectivity index (χ1n) is 7.41. The number of pyridine rings is 1. The molecule has 2 heterocycles. The molecule has 23 heavy (non-hydrogen) atoms. The Morgan fingerprint density at radius 3 is 2.83 bits per heavy atom. The maximum atomic E-state index is 9.60. The average molecular weight is 329 g/mol. The van der Waals surface area contributed by atoms with Crippen LogP contribution in [0.15, 0.2) is 48.9 Å². The first-order valence-corrected chi connectivity index (χ1v) is 7.79. The number of fused-ring (bicyclic) bond motifs is 1. The standard InChI is InChI=1S/C17H17ClN4O/c18-13-4-5-15-16(8-13)21-11-22-17(15)20-9-12(10-23)7-14-3-1-2-6-19-14/h1-6,8,11-12,23H,7,9-10H2,(H,20,21,22). The van der Waals surface area contributed by atoms with Crippen molar-refractivity contribution in [3.05, 3.63) is 59.6 Å². The predicted molar refractivity (Wildman–Crippen MR) is 91.6 cm³/mol. The Bertz CT molecular complexity index is 782. The highest BCUT2D eigenvalue weighted by Gasteiger charge is 2.11. The summed E-state index contributed by atoms with van der Waals surface area (Å²) < 4.78 is 0. The Labute approximate surface area is 139 Å². The first-order chi connectivity index (χ1) is 11.3. The van der Waals surface area contributed by atoms with Gasteiger partial charge in [-0.2, -0.15) is 0 Å². The van der Waals surface area contributed by atoms with E-state index in [1.54, 1.807) is 12.3 Å². The van der Waals surface area contributed by atoms with Crippen LogP contribution in [-0.2, 0) is 6.42 Å². The van der Waals surface area contributed by atoms with Crippen molar-refractivity contribution < 1.29 is 5.11 Å². The highest BCUT2D eigenvalue weighted by atomic mass is 35.5. The first kappa shape index (κ1) is 15.6. The van der Waals surface area contributed by atoms with Crippen LogP contribution in [0.25, 0.3) is 10.9 Å². The molecule has 0 saturated heterocycles. The lowest BCUT2D eigenvalue weighted by molar-refractivity contribution is 0.232. The minimum absolute atomic E-state index is 0.0576. The molecule has 3 rings (SSSR count). The fourth-order valence-corrected chi connectivity index (χ4v) is 2.59. The van der Waals surface area contributed by atoms with E-state index in [2.05, 4.69) is 20.3 Å². The van der Waals surface area contributed by atoms with Crippen molar-refractivity contribution in [1.82, 2.24) is 15.0 Å². The van der Waals surface area contributed by atoms with Crippen LogP contribution in [0.5, 0.6) is 0 Å². The van der Waals surface area contributed by atoms with Gasteiger partial charge in [0.1, 0.15) is 12.1 Å². The Morgan fingerprint density at radius 1 is 1.13 bits per heavy atom. The molecule has 0 bridgehead atoms. The molecule has 3 aromatic rings. The van der Waals surface area contributed by atoms with Gasteiger partial charge in [-0.1, -0.05) is 17.7 Å². The number of benzene rings is 1. The molecule has 0 fully saturated rings.